The highest BCUT2D eigenvalue weighted by Crippen LogP contribution is 2.16. The van der Waals surface area contributed by atoms with E-state index in [1.165, 1.54) is 167 Å². The lowest BCUT2D eigenvalue weighted by atomic mass is 9.99. The van der Waals surface area contributed by atoms with Crippen molar-refractivity contribution in [2.24, 2.45) is 0 Å². The van der Waals surface area contributed by atoms with E-state index in [9.17, 15) is 10.2 Å². The number of hydrogen-bond donors (Lipinski definition) is 3. The molecule has 44 heavy (non-hydrogen) atoms. The van der Waals surface area contributed by atoms with Gasteiger partial charge in [-0.05, 0) is 77.0 Å². The zero-order valence-electron chi connectivity index (χ0n) is 29.9. The van der Waals surface area contributed by atoms with Crippen LogP contribution < -0.4 is 5.32 Å². The molecule has 0 fully saturated rings. The van der Waals surface area contributed by atoms with E-state index in [2.05, 4.69) is 43.5 Å². The fourth-order valence-corrected chi connectivity index (χ4v) is 6.19. The van der Waals surface area contributed by atoms with Crippen molar-refractivity contribution in [1.82, 2.24) is 5.32 Å². The summed E-state index contributed by atoms with van der Waals surface area (Å²) < 4.78 is 0. The number of nitrogens with one attached hydrogen (secondary N) is 1. The van der Waals surface area contributed by atoms with Gasteiger partial charge < -0.3 is 15.5 Å². The summed E-state index contributed by atoms with van der Waals surface area (Å²) >= 11 is 0. The van der Waals surface area contributed by atoms with E-state index in [-0.39, 0.29) is 25.6 Å². The molecular formula is C40H80ClNO2. The normalized spacial score (nSPS) is 13.2. The molecule has 0 aromatic heterocycles. The molecule has 0 heterocycles. The fraction of sp³-hybridized carbons (Fsp3) is 0.900. The molecule has 2 unspecified atom stereocenters. The van der Waals surface area contributed by atoms with E-state index in [4.69, 9.17) is 0 Å². The summed E-state index contributed by atoms with van der Waals surface area (Å²) in [5, 5.41) is 23.1. The van der Waals surface area contributed by atoms with Crippen molar-refractivity contribution >= 4 is 12.4 Å². The molecule has 0 aromatic carbocycles. The summed E-state index contributed by atoms with van der Waals surface area (Å²) in [6.45, 7) is 5.07. The first-order valence-corrected chi connectivity index (χ1v) is 19.6. The highest BCUT2D eigenvalue weighted by Gasteiger charge is 2.14. The van der Waals surface area contributed by atoms with Crippen LogP contribution in [-0.4, -0.2) is 35.5 Å². The zero-order valence-corrected chi connectivity index (χ0v) is 30.7. The van der Waals surface area contributed by atoms with Gasteiger partial charge in [-0.15, -0.1) is 12.4 Å². The van der Waals surface area contributed by atoms with Crippen LogP contribution >= 0.6 is 12.4 Å². The minimum Gasteiger partial charge on any atom is -0.396 e. The second kappa shape index (κ2) is 40.7. The van der Waals surface area contributed by atoms with Crippen LogP contribution in [-0.2, 0) is 0 Å². The Morgan fingerprint density at radius 3 is 0.955 bits per heavy atom. The van der Waals surface area contributed by atoms with E-state index in [1.54, 1.807) is 0 Å². The summed E-state index contributed by atoms with van der Waals surface area (Å²) in [5.41, 5.74) is 0. The molecule has 0 spiro atoms. The first kappa shape index (κ1) is 45.8. The number of halogens is 1. The third-order valence-electron chi connectivity index (χ3n) is 9.06. The Balaban J connectivity index is 0. The average molecular weight is 643 g/mol. The van der Waals surface area contributed by atoms with Gasteiger partial charge in [-0.1, -0.05) is 154 Å². The monoisotopic (exact) mass is 642 g/mol. The maximum absolute atomic E-state index is 9.62. The van der Waals surface area contributed by atoms with Gasteiger partial charge in [-0.2, -0.15) is 0 Å². The Hall–Kier alpha value is -0.350. The summed E-state index contributed by atoms with van der Waals surface area (Å²) in [5.74, 6) is 0. The predicted molar refractivity (Wildman–Crippen MR) is 200 cm³/mol. The van der Waals surface area contributed by atoms with Gasteiger partial charge in [0.15, 0.2) is 0 Å². The second-order valence-corrected chi connectivity index (χ2v) is 13.3. The molecule has 3 nitrogen and oxygen atoms in total. The van der Waals surface area contributed by atoms with Gasteiger partial charge in [0.05, 0.1) is 0 Å². The van der Waals surface area contributed by atoms with Crippen LogP contribution in [0.2, 0.25) is 0 Å². The largest absolute Gasteiger partial charge is 0.396 e. The molecule has 2 atom stereocenters. The van der Waals surface area contributed by atoms with Gasteiger partial charge in [0, 0.05) is 25.3 Å². The number of unbranched alkanes of at least 4 members (excludes halogenated alkanes) is 22. The number of aliphatic hydroxyl groups excluding tert-OH is 2. The van der Waals surface area contributed by atoms with E-state index < -0.39 is 0 Å². The van der Waals surface area contributed by atoms with Crippen LogP contribution in [0, 0.1) is 0 Å². The molecule has 0 saturated carbocycles. The molecule has 0 saturated heterocycles. The lowest BCUT2D eigenvalue weighted by molar-refractivity contribution is 0.224. The van der Waals surface area contributed by atoms with Crippen molar-refractivity contribution in [3.05, 3.63) is 24.3 Å². The Morgan fingerprint density at radius 1 is 0.386 bits per heavy atom. The van der Waals surface area contributed by atoms with Crippen LogP contribution in [0.15, 0.2) is 24.3 Å². The summed E-state index contributed by atoms with van der Waals surface area (Å²) in [7, 11) is 0. The first-order valence-electron chi connectivity index (χ1n) is 19.6. The topological polar surface area (TPSA) is 52.5 Å². The van der Waals surface area contributed by atoms with E-state index >= 15 is 0 Å². The Morgan fingerprint density at radius 2 is 0.659 bits per heavy atom. The van der Waals surface area contributed by atoms with E-state index in [0.717, 1.165) is 25.7 Å². The number of aliphatic hydroxyl groups is 2. The van der Waals surface area contributed by atoms with Gasteiger partial charge >= 0.3 is 0 Å². The molecule has 264 valence electrons. The highest BCUT2D eigenvalue weighted by molar-refractivity contribution is 5.85. The lowest BCUT2D eigenvalue weighted by Crippen LogP contribution is -2.39. The van der Waals surface area contributed by atoms with Gasteiger partial charge in [0.2, 0.25) is 0 Å². The van der Waals surface area contributed by atoms with Gasteiger partial charge in [-0.25, -0.2) is 0 Å². The molecule has 0 aromatic rings. The average Bonchev–Trinajstić information content (AvgIpc) is 3.01. The summed E-state index contributed by atoms with van der Waals surface area (Å²) in [6.07, 6.45) is 48.3. The van der Waals surface area contributed by atoms with Crippen LogP contribution in [0.5, 0.6) is 0 Å². The Labute approximate surface area is 283 Å². The molecule has 3 N–H and O–H groups in total. The van der Waals surface area contributed by atoms with E-state index in [1.807, 2.05) is 0 Å². The Bertz CT molecular complexity index is 520. The Kier molecular flexibility index (Phi) is 42.3. The smallest absolute Gasteiger partial charge is 0.0445 e. The van der Waals surface area contributed by atoms with Gasteiger partial charge in [0.25, 0.3) is 0 Å². The van der Waals surface area contributed by atoms with Gasteiger partial charge in [0.1, 0.15) is 0 Å². The zero-order chi connectivity index (χ0) is 31.3. The van der Waals surface area contributed by atoms with E-state index in [0.29, 0.717) is 12.1 Å². The van der Waals surface area contributed by atoms with Crippen molar-refractivity contribution in [2.45, 2.75) is 219 Å². The first-order chi connectivity index (χ1) is 21.3. The minimum atomic E-state index is 0. The molecule has 0 aliphatic rings. The minimum absolute atomic E-state index is 0. The van der Waals surface area contributed by atoms with Crippen LogP contribution in [0.25, 0.3) is 0 Å². The van der Waals surface area contributed by atoms with Crippen LogP contribution in [0.3, 0.4) is 0 Å². The van der Waals surface area contributed by atoms with Crippen molar-refractivity contribution in [3.63, 3.8) is 0 Å². The summed E-state index contributed by atoms with van der Waals surface area (Å²) in [6, 6.07) is 0.768. The maximum Gasteiger partial charge on any atom is 0.0445 e. The molecule has 0 rings (SSSR count). The third-order valence-corrected chi connectivity index (χ3v) is 9.06. The number of hydrogen-bond acceptors (Lipinski definition) is 3. The van der Waals surface area contributed by atoms with Crippen molar-refractivity contribution in [2.75, 3.05) is 13.2 Å². The molecule has 0 aliphatic heterocycles. The number of allylic oxidation sites excluding steroid dienone is 4. The molecule has 0 bridgehead atoms. The SMILES string of the molecule is CCCCCCCC/C=C\CCCCCCCC(CCO)NC(CCO)CCCCCCC/C=C\CCCCCCCC.Cl. The highest BCUT2D eigenvalue weighted by atomic mass is 35.5. The molecule has 0 aliphatic carbocycles. The maximum atomic E-state index is 9.62. The van der Waals surface area contributed by atoms with Crippen molar-refractivity contribution in [3.8, 4) is 0 Å². The van der Waals surface area contributed by atoms with Crippen molar-refractivity contribution < 1.29 is 10.2 Å². The lowest BCUT2D eigenvalue weighted by Gasteiger charge is -2.25. The quantitative estimate of drug-likeness (QED) is 0.0471. The molecular weight excluding hydrogens is 562 g/mol. The second-order valence-electron chi connectivity index (χ2n) is 13.3. The molecule has 4 heteroatoms. The van der Waals surface area contributed by atoms with Crippen LogP contribution in [0.4, 0.5) is 0 Å². The third kappa shape index (κ3) is 36.1. The van der Waals surface area contributed by atoms with Crippen molar-refractivity contribution in [1.29, 1.82) is 0 Å². The summed E-state index contributed by atoms with van der Waals surface area (Å²) in [4.78, 5) is 0. The number of rotatable bonds is 36. The molecule has 0 radical (unpaired) electrons. The standard InChI is InChI=1S/C40H79NO2.ClH/c1-3-5-7-9-11-13-15-17-19-21-23-25-27-29-31-33-39(35-37-42)41-40(36-38-43)34-32-30-28-26-24-22-20-18-16-14-12-10-8-6-4-2;/h17-20,39-43H,3-16,21-38H2,1-2H3;1H/b19-17-,20-18-;. The predicted octanol–water partition coefficient (Wildman–Crippen LogP) is 12.6. The fourth-order valence-electron chi connectivity index (χ4n) is 6.19. The van der Waals surface area contributed by atoms with Crippen LogP contribution in [0.1, 0.15) is 206 Å². The van der Waals surface area contributed by atoms with Gasteiger partial charge in [-0.3, -0.25) is 0 Å². The molecule has 0 amide bonds.